The fourth-order valence-corrected chi connectivity index (χ4v) is 4.48. The molecule has 1 unspecified atom stereocenters. The van der Waals surface area contributed by atoms with Gasteiger partial charge in [-0.15, -0.1) is 5.10 Å². The second kappa shape index (κ2) is 10.0. The van der Waals surface area contributed by atoms with E-state index in [0.29, 0.717) is 23.3 Å². The average Bonchev–Trinajstić information content (AvgIpc) is 3.23. The summed E-state index contributed by atoms with van der Waals surface area (Å²) in [5.74, 6) is 1.09. The van der Waals surface area contributed by atoms with Crippen molar-refractivity contribution in [1.29, 1.82) is 0 Å². The average molecular weight is 449 g/mol. The number of anilines is 1. The normalized spacial score (nSPS) is 15.3. The summed E-state index contributed by atoms with van der Waals surface area (Å²) in [5.41, 5.74) is 4.76. The first-order valence-electron chi connectivity index (χ1n) is 11.0. The Balaban J connectivity index is 1.68. The maximum atomic E-state index is 13.0. The summed E-state index contributed by atoms with van der Waals surface area (Å²) < 4.78 is 7.33. The van der Waals surface area contributed by atoms with Crippen molar-refractivity contribution < 1.29 is 9.53 Å². The number of nitrogens with zero attached hydrogens (tertiary/aromatic N) is 3. The zero-order chi connectivity index (χ0) is 22.5. The molecule has 0 saturated carbocycles. The zero-order valence-corrected chi connectivity index (χ0v) is 19.5. The largest absolute Gasteiger partial charge is 0.462 e. The molecule has 32 heavy (non-hydrogen) atoms. The van der Waals surface area contributed by atoms with Gasteiger partial charge in [0.15, 0.2) is 0 Å². The van der Waals surface area contributed by atoms with Crippen LogP contribution in [0.4, 0.5) is 5.95 Å². The van der Waals surface area contributed by atoms with Gasteiger partial charge in [0, 0.05) is 11.4 Å². The molecule has 1 aliphatic heterocycles. The Morgan fingerprint density at radius 1 is 1.09 bits per heavy atom. The van der Waals surface area contributed by atoms with Crippen LogP contribution in [-0.2, 0) is 21.7 Å². The molecule has 0 saturated heterocycles. The standard InChI is InChI=1S/C25H28N4O2S/c1-4-15-31-23(30)21-17(3)26-24-27-25(32-16-19-9-7-6-8-10-19)28-29(24)22(21)20-13-11-18(5-2)12-14-20/h6-14,22H,4-5,15-16H2,1-3H3,(H,26,27,28). The van der Waals surface area contributed by atoms with E-state index in [9.17, 15) is 4.79 Å². The van der Waals surface area contributed by atoms with E-state index in [1.54, 1.807) is 11.8 Å². The summed E-state index contributed by atoms with van der Waals surface area (Å²) in [5, 5.41) is 8.71. The highest BCUT2D eigenvalue weighted by atomic mass is 32.2. The molecule has 0 bridgehead atoms. The predicted molar refractivity (Wildman–Crippen MR) is 128 cm³/mol. The van der Waals surface area contributed by atoms with Crippen LogP contribution in [0.25, 0.3) is 0 Å². The number of benzene rings is 2. The van der Waals surface area contributed by atoms with Gasteiger partial charge in [0.05, 0.1) is 12.2 Å². The molecule has 1 aromatic heterocycles. The van der Waals surface area contributed by atoms with E-state index in [4.69, 9.17) is 14.8 Å². The van der Waals surface area contributed by atoms with Gasteiger partial charge in [-0.25, -0.2) is 9.48 Å². The van der Waals surface area contributed by atoms with Crippen molar-refractivity contribution in [3.8, 4) is 0 Å². The fourth-order valence-electron chi connectivity index (χ4n) is 3.70. The first-order valence-corrected chi connectivity index (χ1v) is 12.0. The fraction of sp³-hybridized carbons (Fsp3) is 0.320. The van der Waals surface area contributed by atoms with E-state index in [0.717, 1.165) is 29.9 Å². The third-order valence-electron chi connectivity index (χ3n) is 5.40. The number of carbonyl (C=O) groups excluding carboxylic acids is 1. The first-order chi connectivity index (χ1) is 15.6. The van der Waals surface area contributed by atoms with Crippen molar-refractivity contribution in [1.82, 2.24) is 14.8 Å². The van der Waals surface area contributed by atoms with Crippen molar-refractivity contribution in [2.45, 2.75) is 50.6 Å². The number of rotatable bonds is 8. The Morgan fingerprint density at radius 2 is 1.84 bits per heavy atom. The molecule has 0 aliphatic carbocycles. The van der Waals surface area contributed by atoms with Gasteiger partial charge in [-0.1, -0.05) is 80.2 Å². The molecule has 0 amide bonds. The van der Waals surface area contributed by atoms with Crippen LogP contribution in [0.5, 0.6) is 0 Å². The van der Waals surface area contributed by atoms with Crippen molar-refractivity contribution >= 4 is 23.7 Å². The van der Waals surface area contributed by atoms with Gasteiger partial charge in [-0.05, 0) is 36.5 Å². The summed E-state index contributed by atoms with van der Waals surface area (Å²) >= 11 is 1.58. The highest BCUT2D eigenvalue weighted by Crippen LogP contribution is 2.37. The van der Waals surface area contributed by atoms with Gasteiger partial charge in [0.1, 0.15) is 6.04 Å². The number of ether oxygens (including phenoxy) is 1. The zero-order valence-electron chi connectivity index (χ0n) is 18.7. The molecular formula is C25H28N4O2S. The molecule has 2 aromatic carbocycles. The Kier molecular flexibility index (Phi) is 6.95. The SMILES string of the molecule is CCCOC(=O)C1=C(C)Nc2nc(SCc3ccccc3)nn2C1c1ccc(CC)cc1. The van der Waals surface area contributed by atoms with Crippen molar-refractivity contribution in [2.75, 3.05) is 11.9 Å². The number of hydrogen-bond acceptors (Lipinski definition) is 6. The molecule has 1 aliphatic rings. The van der Waals surface area contributed by atoms with Crippen LogP contribution in [0, 0.1) is 0 Å². The minimum absolute atomic E-state index is 0.318. The minimum atomic E-state index is -0.389. The number of aryl methyl sites for hydroxylation is 1. The number of thioether (sulfide) groups is 1. The second-order valence-corrected chi connectivity index (χ2v) is 8.68. The van der Waals surface area contributed by atoms with E-state index in [1.807, 2.05) is 36.7 Å². The molecule has 4 rings (SSSR count). The van der Waals surface area contributed by atoms with E-state index >= 15 is 0 Å². The van der Waals surface area contributed by atoms with E-state index < -0.39 is 0 Å². The molecular weight excluding hydrogens is 420 g/mol. The Hall–Kier alpha value is -3.06. The quantitative estimate of drug-likeness (QED) is 0.369. The van der Waals surface area contributed by atoms with Gasteiger partial charge in [0.2, 0.25) is 11.1 Å². The molecule has 7 heteroatoms. The van der Waals surface area contributed by atoms with E-state index in [1.165, 1.54) is 11.1 Å². The van der Waals surface area contributed by atoms with Gasteiger partial charge >= 0.3 is 5.97 Å². The molecule has 166 valence electrons. The van der Waals surface area contributed by atoms with Gasteiger partial charge in [-0.3, -0.25) is 0 Å². The monoisotopic (exact) mass is 448 g/mol. The lowest BCUT2D eigenvalue weighted by Gasteiger charge is -2.28. The Bertz CT molecular complexity index is 1110. The maximum Gasteiger partial charge on any atom is 0.338 e. The number of carbonyl (C=O) groups is 1. The summed E-state index contributed by atoms with van der Waals surface area (Å²) in [6.45, 7) is 6.40. The molecule has 1 atom stereocenters. The van der Waals surface area contributed by atoms with Crippen molar-refractivity contribution in [2.24, 2.45) is 0 Å². The molecule has 0 fully saturated rings. The third kappa shape index (κ3) is 4.72. The molecule has 0 spiro atoms. The van der Waals surface area contributed by atoms with Crippen LogP contribution in [0.3, 0.4) is 0 Å². The first kappa shape index (κ1) is 22.1. The predicted octanol–water partition coefficient (Wildman–Crippen LogP) is 5.37. The summed E-state index contributed by atoms with van der Waals surface area (Å²) in [6.07, 6.45) is 1.73. The van der Waals surface area contributed by atoms with Gasteiger partial charge < -0.3 is 10.1 Å². The van der Waals surface area contributed by atoms with Crippen molar-refractivity contribution in [3.05, 3.63) is 82.6 Å². The van der Waals surface area contributed by atoms with Crippen LogP contribution in [-0.4, -0.2) is 27.3 Å². The number of hydrogen-bond donors (Lipinski definition) is 1. The lowest BCUT2D eigenvalue weighted by atomic mass is 9.95. The Morgan fingerprint density at radius 3 is 2.53 bits per heavy atom. The highest BCUT2D eigenvalue weighted by molar-refractivity contribution is 7.98. The van der Waals surface area contributed by atoms with Crippen LogP contribution in [0.2, 0.25) is 0 Å². The molecule has 3 aromatic rings. The molecule has 0 radical (unpaired) electrons. The maximum absolute atomic E-state index is 13.0. The van der Waals surface area contributed by atoms with E-state index in [-0.39, 0.29) is 12.0 Å². The number of esters is 1. The smallest absolute Gasteiger partial charge is 0.338 e. The second-order valence-electron chi connectivity index (χ2n) is 7.73. The van der Waals surface area contributed by atoms with Crippen LogP contribution >= 0.6 is 11.8 Å². The lowest BCUT2D eigenvalue weighted by molar-refractivity contribution is -0.139. The topological polar surface area (TPSA) is 69.0 Å². The van der Waals surface area contributed by atoms with Crippen LogP contribution in [0.15, 0.2) is 71.0 Å². The molecule has 6 nitrogen and oxygen atoms in total. The number of fused-ring (bicyclic) bond motifs is 1. The molecule has 2 heterocycles. The minimum Gasteiger partial charge on any atom is -0.462 e. The summed E-state index contributed by atoms with van der Waals surface area (Å²) in [4.78, 5) is 17.7. The number of allylic oxidation sites excluding steroid dienone is 1. The molecule has 1 N–H and O–H groups in total. The van der Waals surface area contributed by atoms with Gasteiger partial charge in [-0.2, -0.15) is 4.98 Å². The van der Waals surface area contributed by atoms with Crippen LogP contribution < -0.4 is 5.32 Å². The highest BCUT2D eigenvalue weighted by Gasteiger charge is 2.35. The summed E-state index contributed by atoms with van der Waals surface area (Å²) in [6, 6.07) is 18.2. The number of nitrogens with one attached hydrogen (secondary N) is 1. The lowest BCUT2D eigenvalue weighted by Crippen LogP contribution is -2.29. The Labute approximate surface area is 193 Å². The number of aromatic nitrogens is 3. The van der Waals surface area contributed by atoms with Gasteiger partial charge in [0.25, 0.3) is 0 Å². The van der Waals surface area contributed by atoms with Crippen molar-refractivity contribution in [3.63, 3.8) is 0 Å². The summed E-state index contributed by atoms with van der Waals surface area (Å²) in [7, 11) is 0. The van der Waals surface area contributed by atoms with Crippen LogP contribution in [0.1, 0.15) is 49.9 Å². The third-order valence-corrected chi connectivity index (χ3v) is 6.31. The van der Waals surface area contributed by atoms with E-state index in [2.05, 4.69) is 48.6 Å².